The molecule has 0 saturated carbocycles. The molecule has 0 spiro atoms. The van der Waals surface area contributed by atoms with Crippen molar-refractivity contribution in [3.63, 3.8) is 0 Å². The average molecular weight is 561 g/mol. The summed E-state index contributed by atoms with van der Waals surface area (Å²) in [5.41, 5.74) is -1.15. The van der Waals surface area contributed by atoms with Gasteiger partial charge in [-0.2, -0.15) is 0 Å². The lowest BCUT2D eigenvalue weighted by atomic mass is 10.2. The smallest absolute Gasteiger partial charge is 0.420 e. The third-order valence-electron chi connectivity index (χ3n) is 5.07. The van der Waals surface area contributed by atoms with Crippen LogP contribution in [0, 0.1) is 0 Å². The van der Waals surface area contributed by atoms with Gasteiger partial charge in [0, 0.05) is 12.4 Å². The molecule has 1 aromatic heterocycles. The van der Waals surface area contributed by atoms with Crippen molar-refractivity contribution in [1.82, 2.24) is 9.47 Å². The topological polar surface area (TPSA) is 104 Å². The minimum Gasteiger partial charge on any atom is -0.491 e. The molecule has 0 aliphatic rings. The zero-order chi connectivity index (χ0) is 29.6. The molecule has 3 aromatic rings. The highest BCUT2D eigenvalue weighted by Gasteiger charge is 2.30. The number of carbonyl (C=O) groups is 2. The fraction of sp³-hybridized carbons (Fsp3) is 0.448. The van der Waals surface area contributed by atoms with Crippen LogP contribution in [0.1, 0.15) is 55.4 Å². The Labute approximate surface area is 231 Å². The van der Waals surface area contributed by atoms with Crippen molar-refractivity contribution in [2.24, 2.45) is 0 Å². The van der Waals surface area contributed by atoms with Crippen LogP contribution in [0.15, 0.2) is 64.5 Å². The Kier molecular flexibility index (Phi) is 10.2. The molecule has 3 rings (SSSR count). The number of benzene rings is 2. The van der Waals surface area contributed by atoms with E-state index in [-0.39, 0.29) is 23.1 Å². The first-order chi connectivity index (χ1) is 18.1. The number of ether oxygens (including phenoxy) is 3. The van der Waals surface area contributed by atoms with E-state index in [2.05, 4.69) is 0 Å². The highest BCUT2D eigenvalue weighted by molar-refractivity contribution is 7.91. The van der Waals surface area contributed by atoms with Gasteiger partial charge in [-0.3, -0.25) is 0 Å². The van der Waals surface area contributed by atoms with Gasteiger partial charge in [0.1, 0.15) is 23.6 Å². The van der Waals surface area contributed by atoms with Crippen LogP contribution in [0.4, 0.5) is 9.59 Å². The molecule has 0 unspecified atom stereocenters. The molecule has 0 aliphatic carbocycles. The van der Waals surface area contributed by atoms with Crippen molar-refractivity contribution < 1.29 is 32.2 Å². The predicted octanol–water partition coefficient (Wildman–Crippen LogP) is 6.53. The maximum atomic E-state index is 13.6. The van der Waals surface area contributed by atoms with Crippen molar-refractivity contribution in [3.8, 4) is 5.75 Å². The molecule has 0 bridgehead atoms. The molecule has 0 atom stereocenters. The standard InChI is InChI=1S/C27H34N2O7S.C2H6/c1-26(2,3)35-24(30)28(7)16-17-34-22-15-11-14-21-20(22)18-23(29(21)25(31)36-27(4,5)6)37(32,33)19-12-9-8-10-13-19;1-2/h8-15,18H,16-17H2,1-7H3;1-2H3. The van der Waals surface area contributed by atoms with E-state index in [1.165, 1.54) is 23.1 Å². The van der Waals surface area contributed by atoms with Gasteiger partial charge in [-0.25, -0.2) is 22.6 Å². The van der Waals surface area contributed by atoms with Crippen molar-refractivity contribution >= 4 is 32.9 Å². The van der Waals surface area contributed by atoms with Crippen LogP contribution < -0.4 is 4.74 Å². The Hall–Kier alpha value is -3.53. The Morgan fingerprint density at radius 3 is 2.03 bits per heavy atom. The maximum absolute atomic E-state index is 13.6. The molecule has 0 radical (unpaired) electrons. The Morgan fingerprint density at radius 1 is 0.872 bits per heavy atom. The minimum absolute atomic E-state index is 0.0454. The maximum Gasteiger partial charge on any atom is 0.420 e. The number of carbonyl (C=O) groups excluding carboxylic acids is 2. The summed E-state index contributed by atoms with van der Waals surface area (Å²) >= 11 is 0. The van der Waals surface area contributed by atoms with Gasteiger partial charge in [0.15, 0.2) is 5.03 Å². The number of rotatable bonds is 6. The summed E-state index contributed by atoms with van der Waals surface area (Å²) in [5.74, 6) is 0.363. The number of likely N-dealkylation sites (N-methyl/N-ethyl adjacent to an activating group) is 1. The number of sulfone groups is 1. The summed E-state index contributed by atoms with van der Waals surface area (Å²) in [4.78, 5) is 26.9. The number of hydrogen-bond donors (Lipinski definition) is 0. The highest BCUT2D eigenvalue weighted by atomic mass is 32.2. The van der Waals surface area contributed by atoms with Crippen LogP contribution >= 0.6 is 0 Å². The third-order valence-corrected chi connectivity index (χ3v) is 6.81. The number of fused-ring (bicyclic) bond motifs is 1. The highest BCUT2D eigenvalue weighted by Crippen LogP contribution is 2.34. The van der Waals surface area contributed by atoms with Gasteiger partial charge in [-0.15, -0.1) is 0 Å². The molecule has 39 heavy (non-hydrogen) atoms. The normalized spacial score (nSPS) is 11.8. The summed E-state index contributed by atoms with van der Waals surface area (Å²) in [6.07, 6.45) is -1.31. The summed E-state index contributed by atoms with van der Waals surface area (Å²) in [6, 6.07) is 14.3. The SMILES string of the molecule is CC.CN(CCOc1cccc2c1cc(S(=O)(=O)c1ccccc1)n2C(=O)OC(C)(C)C)C(=O)OC(C)(C)C. The third kappa shape index (κ3) is 8.23. The van der Waals surface area contributed by atoms with E-state index in [9.17, 15) is 18.0 Å². The number of amides is 1. The van der Waals surface area contributed by atoms with Crippen LogP contribution in [0.2, 0.25) is 0 Å². The zero-order valence-electron chi connectivity index (χ0n) is 24.3. The van der Waals surface area contributed by atoms with Crippen LogP contribution in [-0.2, 0) is 19.3 Å². The molecule has 0 aliphatic heterocycles. The predicted molar refractivity (Wildman–Crippen MR) is 151 cm³/mol. The lowest BCUT2D eigenvalue weighted by molar-refractivity contribution is 0.0278. The van der Waals surface area contributed by atoms with E-state index < -0.39 is 33.2 Å². The van der Waals surface area contributed by atoms with Crippen LogP contribution in [0.5, 0.6) is 5.75 Å². The zero-order valence-corrected chi connectivity index (χ0v) is 25.1. The Balaban J connectivity index is 0.00000260. The molecular formula is C29H40N2O7S. The van der Waals surface area contributed by atoms with Gasteiger partial charge in [0.05, 0.1) is 17.0 Å². The second-order valence-corrected chi connectivity index (χ2v) is 12.5. The first-order valence-electron chi connectivity index (χ1n) is 12.8. The molecule has 0 fully saturated rings. The van der Waals surface area contributed by atoms with Crippen molar-refractivity contribution in [2.75, 3.05) is 20.2 Å². The number of aromatic nitrogens is 1. The lowest BCUT2D eigenvalue weighted by Crippen LogP contribution is -2.36. The Bertz CT molecular complexity index is 1380. The largest absolute Gasteiger partial charge is 0.491 e. The van der Waals surface area contributed by atoms with Gasteiger partial charge in [0.25, 0.3) is 0 Å². The van der Waals surface area contributed by atoms with Crippen molar-refractivity contribution in [2.45, 2.75) is 76.5 Å². The van der Waals surface area contributed by atoms with E-state index in [4.69, 9.17) is 14.2 Å². The van der Waals surface area contributed by atoms with Gasteiger partial charge in [0.2, 0.25) is 9.84 Å². The average Bonchev–Trinajstić information content (AvgIpc) is 3.25. The van der Waals surface area contributed by atoms with Crippen molar-refractivity contribution in [3.05, 3.63) is 54.6 Å². The molecule has 214 valence electrons. The summed E-state index contributed by atoms with van der Waals surface area (Å²) in [7, 11) is -2.48. The van der Waals surface area contributed by atoms with Gasteiger partial charge in [-0.1, -0.05) is 38.1 Å². The molecule has 9 nitrogen and oxygen atoms in total. The monoisotopic (exact) mass is 560 g/mol. The fourth-order valence-electron chi connectivity index (χ4n) is 3.44. The van der Waals surface area contributed by atoms with Crippen LogP contribution in [-0.4, -0.2) is 61.5 Å². The van der Waals surface area contributed by atoms with E-state index >= 15 is 0 Å². The quantitative estimate of drug-likeness (QED) is 0.338. The Morgan fingerprint density at radius 2 is 1.46 bits per heavy atom. The summed E-state index contributed by atoms with van der Waals surface area (Å²) < 4.78 is 45.0. The lowest BCUT2D eigenvalue weighted by Gasteiger charge is -2.24. The van der Waals surface area contributed by atoms with Gasteiger partial charge in [-0.05, 0) is 71.9 Å². The molecule has 1 heterocycles. The summed E-state index contributed by atoms with van der Waals surface area (Å²) in [5, 5.41) is 0.188. The second-order valence-electron chi connectivity index (χ2n) is 10.6. The molecular weight excluding hydrogens is 520 g/mol. The first kappa shape index (κ1) is 31.7. The van der Waals surface area contributed by atoms with Crippen molar-refractivity contribution in [1.29, 1.82) is 0 Å². The number of hydrogen-bond acceptors (Lipinski definition) is 7. The molecule has 1 amide bonds. The fourth-order valence-corrected chi connectivity index (χ4v) is 4.89. The van der Waals surface area contributed by atoms with Crippen LogP contribution in [0.25, 0.3) is 10.9 Å². The van der Waals surface area contributed by atoms with Gasteiger partial charge < -0.3 is 19.1 Å². The number of nitrogens with zero attached hydrogens (tertiary/aromatic N) is 2. The molecule has 10 heteroatoms. The van der Waals surface area contributed by atoms with Gasteiger partial charge >= 0.3 is 12.2 Å². The second kappa shape index (κ2) is 12.5. The molecule has 2 aromatic carbocycles. The minimum atomic E-state index is -4.07. The summed E-state index contributed by atoms with van der Waals surface area (Å²) in [6.45, 7) is 14.8. The molecule has 0 N–H and O–H groups in total. The van der Waals surface area contributed by atoms with E-state index in [1.54, 1.807) is 85.0 Å². The van der Waals surface area contributed by atoms with E-state index in [0.29, 0.717) is 16.7 Å². The van der Waals surface area contributed by atoms with Crippen LogP contribution in [0.3, 0.4) is 0 Å². The van der Waals surface area contributed by atoms with E-state index in [1.807, 2.05) is 13.8 Å². The van der Waals surface area contributed by atoms with E-state index in [0.717, 1.165) is 4.57 Å². The molecule has 0 saturated heterocycles. The first-order valence-corrected chi connectivity index (χ1v) is 14.3.